The largest absolute Gasteiger partial charge is 0.497 e. The minimum atomic E-state index is -0.292. The van der Waals surface area contributed by atoms with Crippen molar-refractivity contribution in [3.8, 4) is 11.5 Å². The topological polar surface area (TPSA) is 18.5 Å². The first-order valence-electron chi connectivity index (χ1n) is 4.45. The van der Waals surface area contributed by atoms with E-state index in [1.807, 2.05) is 30.4 Å². The summed E-state index contributed by atoms with van der Waals surface area (Å²) >= 11 is 5.93. The quantitative estimate of drug-likeness (QED) is 0.664. The van der Waals surface area contributed by atoms with Gasteiger partial charge >= 0.3 is 0 Å². The number of halogens is 1. The second kappa shape index (κ2) is 3.93. The molecular formula is C11H11ClO2. The van der Waals surface area contributed by atoms with Crippen molar-refractivity contribution < 1.29 is 9.47 Å². The number of ether oxygens (including phenoxy) is 2. The van der Waals surface area contributed by atoms with E-state index >= 15 is 0 Å². The summed E-state index contributed by atoms with van der Waals surface area (Å²) in [4.78, 5) is 0. The SMILES string of the molecule is COc1ccc2c(c1)OC(Cl)CC=C2. The van der Waals surface area contributed by atoms with Gasteiger partial charge in [-0.3, -0.25) is 0 Å². The van der Waals surface area contributed by atoms with E-state index in [1.54, 1.807) is 7.11 Å². The van der Waals surface area contributed by atoms with Crippen LogP contribution in [-0.2, 0) is 0 Å². The van der Waals surface area contributed by atoms with Crippen LogP contribution in [0.15, 0.2) is 24.3 Å². The molecule has 0 spiro atoms. The van der Waals surface area contributed by atoms with Gasteiger partial charge in [-0.25, -0.2) is 0 Å². The van der Waals surface area contributed by atoms with Gasteiger partial charge in [0.25, 0.3) is 0 Å². The van der Waals surface area contributed by atoms with Crippen molar-refractivity contribution in [1.29, 1.82) is 0 Å². The first kappa shape index (κ1) is 9.41. The van der Waals surface area contributed by atoms with E-state index in [-0.39, 0.29) is 5.56 Å². The number of fused-ring (bicyclic) bond motifs is 1. The van der Waals surface area contributed by atoms with Crippen LogP contribution in [0.2, 0.25) is 0 Å². The maximum Gasteiger partial charge on any atom is 0.175 e. The Hall–Kier alpha value is -1.15. The molecule has 0 bridgehead atoms. The van der Waals surface area contributed by atoms with Crippen LogP contribution < -0.4 is 9.47 Å². The fraction of sp³-hybridized carbons (Fsp3) is 0.273. The van der Waals surface area contributed by atoms with Gasteiger partial charge in [0.05, 0.1) is 7.11 Å². The van der Waals surface area contributed by atoms with Gasteiger partial charge in [-0.2, -0.15) is 0 Å². The minimum Gasteiger partial charge on any atom is -0.497 e. The summed E-state index contributed by atoms with van der Waals surface area (Å²) < 4.78 is 10.6. The van der Waals surface area contributed by atoms with Crippen LogP contribution in [0, 0.1) is 0 Å². The van der Waals surface area contributed by atoms with Crippen molar-refractivity contribution in [2.75, 3.05) is 7.11 Å². The third kappa shape index (κ3) is 1.85. The molecule has 3 heteroatoms. The Bertz CT molecular complexity index is 360. The molecule has 0 aromatic heterocycles. The first-order chi connectivity index (χ1) is 6.79. The average molecular weight is 211 g/mol. The Morgan fingerprint density at radius 2 is 2.36 bits per heavy atom. The lowest BCUT2D eigenvalue weighted by Gasteiger charge is -2.11. The van der Waals surface area contributed by atoms with Gasteiger partial charge in [0.15, 0.2) is 5.56 Å². The molecule has 0 fully saturated rings. The van der Waals surface area contributed by atoms with Gasteiger partial charge in [-0.15, -0.1) is 0 Å². The Kier molecular flexibility index (Phi) is 2.64. The predicted molar refractivity (Wildman–Crippen MR) is 56.9 cm³/mol. The van der Waals surface area contributed by atoms with Gasteiger partial charge in [0, 0.05) is 18.1 Å². The van der Waals surface area contributed by atoms with Gasteiger partial charge in [0.2, 0.25) is 0 Å². The molecule has 1 heterocycles. The summed E-state index contributed by atoms with van der Waals surface area (Å²) in [5, 5.41) is 0. The minimum absolute atomic E-state index is 0.292. The summed E-state index contributed by atoms with van der Waals surface area (Å²) in [6.45, 7) is 0. The molecule has 1 aromatic rings. The number of hydrogen-bond acceptors (Lipinski definition) is 2. The molecule has 0 aliphatic carbocycles. The molecule has 0 saturated heterocycles. The zero-order chi connectivity index (χ0) is 9.97. The van der Waals surface area contributed by atoms with Crippen LogP contribution in [0.4, 0.5) is 0 Å². The van der Waals surface area contributed by atoms with E-state index in [0.717, 1.165) is 23.5 Å². The third-order valence-electron chi connectivity index (χ3n) is 2.09. The van der Waals surface area contributed by atoms with E-state index in [9.17, 15) is 0 Å². The molecule has 0 saturated carbocycles. The van der Waals surface area contributed by atoms with Crippen molar-refractivity contribution in [2.24, 2.45) is 0 Å². The summed E-state index contributed by atoms with van der Waals surface area (Å²) in [6.07, 6.45) is 4.74. The van der Waals surface area contributed by atoms with Gasteiger partial charge < -0.3 is 9.47 Å². The third-order valence-corrected chi connectivity index (χ3v) is 2.36. The Morgan fingerprint density at radius 3 is 3.14 bits per heavy atom. The maximum absolute atomic E-state index is 5.93. The fourth-order valence-electron chi connectivity index (χ4n) is 1.37. The van der Waals surface area contributed by atoms with E-state index in [0.29, 0.717) is 0 Å². The lowest BCUT2D eigenvalue weighted by Crippen LogP contribution is -2.06. The number of methoxy groups -OCH3 is 1. The highest BCUT2D eigenvalue weighted by atomic mass is 35.5. The Balaban J connectivity index is 2.39. The van der Waals surface area contributed by atoms with Crippen LogP contribution in [0.1, 0.15) is 12.0 Å². The Labute approximate surface area is 88.1 Å². The molecule has 2 nitrogen and oxygen atoms in total. The molecule has 1 unspecified atom stereocenters. The van der Waals surface area contributed by atoms with Crippen molar-refractivity contribution >= 4 is 17.7 Å². The summed E-state index contributed by atoms with van der Waals surface area (Å²) in [7, 11) is 1.63. The standard InChI is InChI=1S/C11H11ClO2/c1-13-9-6-5-8-3-2-4-11(12)14-10(8)7-9/h2-3,5-7,11H,4H2,1H3. The van der Waals surface area contributed by atoms with Gasteiger partial charge in [-0.1, -0.05) is 23.8 Å². The molecule has 0 radical (unpaired) electrons. The highest BCUT2D eigenvalue weighted by Gasteiger charge is 2.11. The highest BCUT2D eigenvalue weighted by molar-refractivity contribution is 6.20. The lowest BCUT2D eigenvalue weighted by molar-refractivity contribution is 0.284. The van der Waals surface area contributed by atoms with Crippen molar-refractivity contribution in [3.05, 3.63) is 29.8 Å². The van der Waals surface area contributed by atoms with Crippen molar-refractivity contribution in [1.82, 2.24) is 0 Å². The normalized spacial score (nSPS) is 19.4. The molecular weight excluding hydrogens is 200 g/mol. The molecule has 74 valence electrons. The average Bonchev–Trinajstić information content (AvgIpc) is 2.37. The number of alkyl halides is 1. The van der Waals surface area contributed by atoms with Gasteiger partial charge in [0.1, 0.15) is 11.5 Å². The van der Waals surface area contributed by atoms with E-state index in [4.69, 9.17) is 21.1 Å². The first-order valence-corrected chi connectivity index (χ1v) is 4.88. The second-order valence-corrected chi connectivity index (χ2v) is 3.56. The molecule has 1 aromatic carbocycles. The maximum atomic E-state index is 5.93. The zero-order valence-electron chi connectivity index (χ0n) is 7.87. The lowest BCUT2D eigenvalue weighted by atomic mass is 10.2. The summed E-state index contributed by atoms with van der Waals surface area (Å²) in [5.74, 6) is 1.56. The molecule has 1 aliphatic rings. The molecule has 2 rings (SSSR count). The highest BCUT2D eigenvalue weighted by Crippen LogP contribution is 2.30. The fourth-order valence-corrected chi connectivity index (χ4v) is 1.57. The smallest absolute Gasteiger partial charge is 0.175 e. The molecule has 0 amide bonds. The monoisotopic (exact) mass is 210 g/mol. The van der Waals surface area contributed by atoms with Crippen LogP contribution in [0.5, 0.6) is 11.5 Å². The number of benzene rings is 1. The predicted octanol–water partition coefficient (Wildman–Crippen LogP) is 3.06. The van der Waals surface area contributed by atoms with E-state index in [2.05, 4.69) is 0 Å². The molecule has 1 atom stereocenters. The van der Waals surface area contributed by atoms with E-state index < -0.39 is 0 Å². The van der Waals surface area contributed by atoms with Crippen LogP contribution in [-0.4, -0.2) is 12.7 Å². The van der Waals surface area contributed by atoms with Crippen LogP contribution in [0.25, 0.3) is 6.08 Å². The number of hydrogen-bond donors (Lipinski definition) is 0. The second-order valence-electron chi connectivity index (χ2n) is 3.07. The summed E-state index contributed by atoms with van der Waals surface area (Å²) in [5.41, 5.74) is 0.744. The molecule has 14 heavy (non-hydrogen) atoms. The summed E-state index contributed by atoms with van der Waals surface area (Å²) in [6, 6.07) is 5.71. The van der Waals surface area contributed by atoms with Crippen LogP contribution in [0.3, 0.4) is 0 Å². The molecule has 1 aliphatic heterocycles. The molecule has 0 N–H and O–H groups in total. The number of rotatable bonds is 1. The van der Waals surface area contributed by atoms with Crippen LogP contribution >= 0.6 is 11.6 Å². The van der Waals surface area contributed by atoms with Crippen molar-refractivity contribution in [3.63, 3.8) is 0 Å². The van der Waals surface area contributed by atoms with Crippen molar-refractivity contribution in [2.45, 2.75) is 12.0 Å². The van der Waals surface area contributed by atoms with Gasteiger partial charge in [-0.05, 0) is 12.1 Å². The van der Waals surface area contributed by atoms with E-state index in [1.165, 1.54) is 0 Å². The Morgan fingerprint density at radius 1 is 1.50 bits per heavy atom. The zero-order valence-corrected chi connectivity index (χ0v) is 8.62.